The number of aliphatic hydroxyl groups is 1. The molecule has 2 heterocycles. The number of amides is 1. The van der Waals surface area contributed by atoms with Crippen molar-refractivity contribution in [3.63, 3.8) is 0 Å². The summed E-state index contributed by atoms with van der Waals surface area (Å²) in [6.45, 7) is 1.62. The van der Waals surface area contributed by atoms with Crippen LogP contribution in [-0.2, 0) is 0 Å². The number of likely N-dealkylation sites (tertiary alicyclic amines) is 1. The predicted molar refractivity (Wildman–Crippen MR) is 78.3 cm³/mol. The van der Waals surface area contributed by atoms with Gasteiger partial charge in [0.15, 0.2) is 0 Å². The molecule has 1 saturated heterocycles. The van der Waals surface area contributed by atoms with E-state index in [-0.39, 0.29) is 24.5 Å². The average molecular weight is 285 g/mol. The van der Waals surface area contributed by atoms with Crippen molar-refractivity contribution in [2.24, 2.45) is 17.6 Å². The fourth-order valence-electron chi connectivity index (χ4n) is 3.40. The van der Waals surface area contributed by atoms with Gasteiger partial charge in [0, 0.05) is 31.4 Å². The zero-order valence-electron chi connectivity index (χ0n) is 11.8. The normalized spacial score (nSPS) is 27.1. The summed E-state index contributed by atoms with van der Waals surface area (Å²) in [6, 6.07) is 1.70. The molecule has 3 rings (SSSR count). The molecular weight excluding hydrogens is 266 g/mol. The van der Waals surface area contributed by atoms with Gasteiger partial charge in [0.05, 0.1) is 23.8 Å². The zero-order chi connectivity index (χ0) is 14.8. The smallest absolute Gasteiger partial charge is 0.255 e. The molecule has 3 N–H and O–H groups in total. The highest BCUT2D eigenvalue weighted by Crippen LogP contribution is 2.38. The third-order valence-electron chi connectivity index (χ3n) is 4.48. The Morgan fingerprint density at radius 1 is 1.48 bits per heavy atom. The van der Waals surface area contributed by atoms with Gasteiger partial charge in [-0.2, -0.15) is 0 Å². The lowest BCUT2D eigenvalue weighted by atomic mass is 10.00. The van der Waals surface area contributed by atoms with Gasteiger partial charge in [-0.15, -0.1) is 0 Å². The number of hydrogen-bond acceptors (Lipinski definition) is 4. The van der Waals surface area contributed by atoms with E-state index in [9.17, 15) is 9.90 Å². The second-order valence-corrected chi connectivity index (χ2v) is 5.71. The molecular formula is C16H19N3O2. The highest BCUT2D eigenvalue weighted by atomic mass is 16.3. The minimum Gasteiger partial charge on any atom is -0.393 e. The van der Waals surface area contributed by atoms with Gasteiger partial charge >= 0.3 is 0 Å². The first-order valence-electron chi connectivity index (χ1n) is 7.31. The van der Waals surface area contributed by atoms with Crippen LogP contribution >= 0.6 is 0 Å². The Morgan fingerprint density at radius 3 is 3.10 bits per heavy atom. The van der Waals surface area contributed by atoms with Gasteiger partial charge in [0.25, 0.3) is 5.91 Å². The Hall–Kier alpha value is -1.90. The van der Waals surface area contributed by atoms with Crippen LogP contribution in [0.3, 0.4) is 0 Å². The van der Waals surface area contributed by atoms with Crippen LogP contribution < -0.4 is 5.73 Å². The molecule has 1 aromatic rings. The molecule has 1 aliphatic heterocycles. The van der Waals surface area contributed by atoms with Crippen LogP contribution in [-0.4, -0.2) is 46.6 Å². The molecule has 2 aliphatic rings. The van der Waals surface area contributed by atoms with E-state index in [1.54, 1.807) is 18.5 Å². The van der Waals surface area contributed by atoms with Crippen molar-refractivity contribution < 1.29 is 9.90 Å². The Kier molecular flexibility index (Phi) is 3.91. The third-order valence-corrected chi connectivity index (χ3v) is 4.48. The maximum Gasteiger partial charge on any atom is 0.255 e. The van der Waals surface area contributed by atoms with E-state index in [2.05, 4.69) is 16.8 Å². The summed E-state index contributed by atoms with van der Waals surface area (Å²) in [5, 5.41) is 9.96. The maximum absolute atomic E-state index is 12.7. The van der Waals surface area contributed by atoms with Gasteiger partial charge in [-0.3, -0.25) is 9.78 Å². The predicted octanol–water partition coefficient (Wildman–Crippen LogP) is 0.235. The quantitative estimate of drug-likeness (QED) is 0.724. The molecule has 3 atom stereocenters. The molecule has 1 aliphatic carbocycles. The van der Waals surface area contributed by atoms with Gasteiger partial charge in [-0.1, -0.05) is 11.8 Å². The molecule has 110 valence electrons. The molecule has 0 spiro atoms. The highest BCUT2D eigenvalue weighted by molar-refractivity contribution is 5.96. The van der Waals surface area contributed by atoms with E-state index >= 15 is 0 Å². The number of nitrogens with zero attached hydrogens (tertiary/aromatic N) is 2. The lowest BCUT2D eigenvalue weighted by molar-refractivity contribution is 0.0752. The van der Waals surface area contributed by atoms with Crippen molar-refractivity contribution in [2.75, 3.05) is 19.6 Å². The second kappa shape index (κ2) is 5.84. The fraction of sp³-hybridized carbons (Fsp3) is 0.500. The summed E-state index contributed by atoms with van der Waals surface area (Å²) < 4.78 is 0. The van der Waals surface area contributed by atoms with Gasteiger partial charge < -0.3 is 15.7 Å². The number of aliphatic hydroxyl groups excluding tert-OH is 1. The molecule has 0 bridgehead atoms. The highest BCUT2D eigenvalue weighted by Gasteiger charge is 2.43. The van der Waals surface area contributed by atoms with Gasteiger partial charge in [0.2, 0.25) is 0 Å². The van der Waals surface area contributed by atoms with Crippen LogP contribution in [0.1, 0.15) is 28.8 Å². The Morgan fingerprint density at radius 2 is 2.33 bits per heavy atom. The van der Waals surface area contributed by atoms with Crippen molar-refractivity contribution in [3.05, 3.63) is 29.6 Å². The second-order valence-electron chi connectivity index (χ2n) is 5.71. The van der Waals surface area contributed by atoms with Crippen molar-refractivity contribution >= 4 is 5.91 Å². The van der Waals surface area contributed by atoms with Gasteiger partial charge in [0.1, 0.15) is 0 Å². The third kappa shape index (κ3) is 2.65. The number of nitrogens with two attached hydrogens (primary N) is 1. The van der Waals surface area contributed by atoms with Crippen LogP contribution in [0.25, 0.3) is 0 Å². The van der Waals surface area contributed by atoms with E-state index in [4.69, 9.17) is 5.73 Å². The molecule has 1 amide bonds. The summed E-state index contributed by atoms with van der Waals surface area (Å²) in [4.78, 5) is 18.5. The molecule has 5 heteroatoms. The van der Waals surface area contributed by atoms with Gasteiger partial charge in [-0.25, -0.2) is 0 Å². The number of fused-ring (bicyclic) bond motifs is 1. The Balaban J connectivity index is 1.80. The van der Waals surface area contributed by atoms with Crippen molar-refractivity contribution in [1.82, 2.24) is 9.88 Å². The molecule has 1 saturated carbocycles. The minimum atomic E-state index is -0.262. The maximum atomic E-state index is 12.7. The van der Waals surface area contributed by atoms with Crippen LogP contribution in [0.5, 0.6) is 0 Å². The minimum absolute atomic E-state index is 0.0275. The Labute approximate surface area is 124 Å². The summed E-state index contributed by atoms with van der Waals surface area (Å²) in [5.41, 5.74) is 6.57. The summed E-state index contributed by atoms with van der Waals surface area (Å²) in [7, 11) is 0. The van der Waals surface area contributed by atoms with Gasteiger partial charge in [-0.05, 0) is 24.8 Å². The van der Waals surface area contributed by atoms with Crippen LogP contribution in [0, 0.1) is 23.7 Å². The number of aromatic nitrogens is 1. The fourth-order valence-corrected chi connectivity index (χ4v) is 3.40. The summed E-state index contributed by atoms with van der Waals surface area (Å²) in [5.74, 6) is 6.30. The topological polar surface area (TPSA) is 79.5 Å². The number of pyridine rings is 1. The summed E-state index contributed by atoms with van der Waals surface area (Å²) in [6.07, 6.45) is 4.81. The van der Waals surface area contributed by atoms with Crippen LogP contribution in [0.15, 0.2) is 18.5 Å². The van der Waals surface area contributed by atoms with Crippen LogP contribution in [0.2, 0.25) is 0 Å². The monoisotopic (exact) mass is 285 g/mol. The zero-order valence-corrected chi connectivity index (χ0v) is 11.8. The molecule has 21 heavy (non-hydrogen) atoms. The largest absolute Gasteiger partial charge is 0.393 e. The lowest BCUT2D eigenvalue weighted by Crippen LogP contribution is -2.31. The number of hydrogen-bond donors (Lipinski definition) is 2. The van der Waals surface area contributed by atoms with E-state index in [0.29, 0.717) is 23.6 Å². The molecule has 2 fully saturated rings. The Bertz CT molecular complexity index is 605. The molecule has 1 aromatic heterocycles. The SMILES string of the molecule is NCC#Cc1cnccc1C(=O)N1CC2CCC(O)C2C1. The van der Waals surface area contributed by atoms with E-state index in [1.807, 2.05) is 4.90 Å². The summed E-state index contributed by atoms with van der Waals surface area (Å²) >= 11 is 0. The van der Waals surface area contributed by atoms with E-state index < -0.39 is 0 Å². The standard InChI is InChI=1S/C16H19N3O2/c17-6-1-2-11-8-18-7-5-13(11)16(21)19-9-12-3-4-15(20)14(12)10-19/h5,7-8,12,14-15,20H,3-4,6,9-10,17H2. The first kappa shape index (κ1) is 14.1. The van der Waals surface area contributed by atoms with Crippen molar-refractivity contribution in [1.29, 1.82) is 0 Å². The van der Waals surface area contributed by atoms with E-state index in [1.165, 1.54) is 0 Å². The van der Waals surface area contributed by atoms with Crippen molar-refractivity contribution in [3.8, 4) is 11.8 Å². The first-order chi connectivity index (χ1) is 10.2. The average Bonchev–Trinajstić information content (AvgIpc) is 3.07. The molecule has 0 aromatic carbocycles. The molecule has 5 nitrogen and oxygen atoms in total. The number of rotatable bonds is 1. The first-order valence-corrected chi connectivity index (χ1v) is 7.31. The van der Waals surface area contributed by atoms with Crippen LogP contribution in [0.4, 0.5) is 0 Å². The molecule has 3 unspecified atom stereocenters. The lowest BCUT2D eigenvalue weighted by Gasteiger charge is -2.19. The number of carbonyl (C=O) groups excluding carboxylic acids is 1. The van der Waals surface area contributed by atoms with Crippen molar-refractivity contribution in [2.45, 2.75) is 18.9 Å². The number of carbonyl (C=O) groups is 1. The molecule has 0 radical (unpaired) electrons. The van der Waals surface area contributed by atoms with E-state index in [0.717, 1.165) is 19.4 Å².